The molecule has 31 heavy (non-hydrogen) atoms. The van der Waals surface area contributed by atoms with Crippen LogP contribution >= 0.6 is 24.0 Å². The third kappa shape index (κ3) is 8.59. The van der Waals surface area contributed by atoms with Crippen LogP contribution in [0.1, 0.15) is 23.6 Å². The van der Waals surface area contributed by atoms with Gasteiger partial charge in [-0.15, -0.1) is 24.0 Å². The summed E-state index contributed by atoms with van der Waals surface area (Å²) in [5.41, 5.74) is 0.253. The smallest absolute Gasteiger partial charge is 0.416 e. The molecule has 0 bridgehead atoms. The number of anilines is 1. The minimum atomic E-state index is -4.66. The number of rotatable bonds is 6. The summed E-state index contributed by atoms with van der Waals surface area (Å²) in [6, 6.07) is 9.42. The highest BCUT2D eigenvalue weighted by Crippen LogP contribution is 2.32. The Morgan fingerprint density at radius 3 is 2.35 bits per heavy atom. The number of nitrogens with one attached hydrogen (secondary N) is 3. The molecule has 6 nitrogen and oxygen atoms in total. The number of nitrogens with zero attached hydrogens (tertiary/aromatic N) is 1. The van der Waals surface area contributed by atoms with E-state index in [9.17, 15) is 22.4 Å². The fraction of sp³-hybridized carbons (Fsp3) is 0.300. The molecule has 0 saturated carbocycles. The van der Waals surface area contributed by atoms with E-state index in [1.54, 1.807) is 24.3 Å². The number of hydrogen-bond acceptors (Lipinski definition) is 3. The topological polar surface area (TPSA) is 74.8 Å². The van der Waals surface area contributed by atoms with Crippen LogP contribution in [0.3, 0.4) is 0 Å². The normalized spacial score (nSPS) is 11.4. The molecular weight excluding hydrogens is 531 g/mol. The van der Waals surface area contributed by atoms with E-state index in [0.717, 1.165) is 17.7 Å². The van der Waals surface area contributed by atoms with Gasteiger partial charge in [0.15, 0.2) is 5.96 Å². The first-order chi connectivity index (χ1) is 14.2. The number of ether oxygens (including phenoxy) is 1. The third-order valence-corrected chi connectivity index (χ3v) is 3.97. The number of aliphatic imine (C=N–C) groups is 1. The molecule has 0 aliphatic carbocycles. The summed E-state index contributed by atoms with van der Waals surface area (Å²) in [5, 5.41) is 8.30. The van der Waals surface area contributed by atoms with Crippen molar-refractivity contribution in [2.45, 2.75) is 26.2 Å². The summed E-state index contributed by atoms with van der Waals surface area (Å²) in [7, 11) is 1.26. The van der Waals surface area contributed by atoms with Crippen molar-refractivity contribution in [1.82, 2.24) is 10.6 Å². The summed E-state index contributed by atoms with van der Waals surface area (Å²) in [6.07, 6.45) is -5.24. The van der Waals surface area contributed by atoms with Crippen LogP contribution in [-0.2, 0) is 24.0 Å². The summed E-state index contributed by atoms with van der Waals surface area (Å²) < 4.78 is 57.1. The summed E-state index contributed by atoms with van der Waals surface area (Å²) in [6.45, 7) is 2.40. The average Bonchev–Trinajstić information content (AvgIpc) is 2.71. The van der Waals surface area contributed by atoms with Crippen molar-refractivity contribution < 1.29 is 27.1 Å². The lowest BCUT2D eigenvalue weighted by Gasteiger charge is -2.16. The maximum Gasteiger partial charge on any atom is 0.416 e. The van der Waals surface area contributed by atoms with Crippen LogP contribution < -0.4 is 16.0 Å². The van der Waals surface area contributed by atoms with Gasteiger partial charge in [0.1, 0.15) is 5.82 Å². The monoisotopic (exact) mass is 554 g/mol. The maximum absolute atomic E-state index is 13.2. The number of carbonyl (C=O) groups excluding carboxylic acids is 1. The molecule has 0 radical (unpaired) electrons. The van der Waals surface area contributed by atoms with E-state index >= 15 is 0 Å². The van der Waals surface area contributed by atoms with Gasteiger partial charge >= 0.3 is 12.3 Å². The second-order valence-corrected chi connectivity index (χ2v) is 6.16. The van der Waals surface area contributed by atoms with Crippen LogP contribution in [0.25, 0.3) is 0 Å². The van der Waals surface area contributed by atoms with Gasteiger partial charge in [0, 0.05) is 18.8 Å². The summed E-state index contributed by atoms with van der Waals surface area (Å²) in [5.74, 6) is -0.636. The SMILES string of the molecule is CCNC(=NCc1ccc(NC(=O)OC)cc1)NCc1ccc(F)cc1C(F)(F)F.I. The number of guanidine groups is 1. The molecule has 0 unspecified atom stereocenters. The lowest BCUT2D eigenvalue weighted by molar-refractivity contribution is -0.138. The molecule has 2 aromatic carbocycles. The Hall–Kier alpha value is -2.57. The minimum absolute atomic E-state index is 0. The lowest BCUT2D eigenvalue weighted by Crippen LogP contribution is -2.37. The Balaban J connectivity index is 0.00000480. The van der Waals surface area contributed by atoms with Crippen LogP contribution in [0.15, 0.2) is 47.5 Å². The van der Waals surface area contributed by atoms with Gasteiger partial charge < -0.3 is 15.4 Å². The predicted octanol–water partition coefficient (Wildman–Crippen LogP) is 4.90. The molecule has 0 saturated heterocycles. The van der Waals surface area contributed by atoms with E-state index in [4.69, 9.17) is 0 Å². The fourth-order valence-electron chi connectivity index (χ4n) is 2.52. The van der Waals surface area contributed by atoms with Gasteiger partial charge in [0.2, 0.25) is 0 Å². The van der Waals surface area contributed by atoms with Gasteiger partial charge in [0.25, 0.3) is 0 Å². The van der Waals surface area contributed by atoms with Crippen molar-refractivity contribution in [3.8, 4) is 0 Å². The van der Waals surface area contributed by atoms with Gasteiger partial charge in [-0.25, -0.2) is 14.2 Å². The second kappa shape index (κ2) is 12.3. The zero-order valence-electron chi connectivity index (χ0n) is 16.8. The quantitative estimate of drug-likeness (QED) is 0.206. The zero-order valence-corrected chi connectivity index (χ0v) is 19.2. The molecule has 0 spiro atoms. The van der Waals surface area contributed by atoms with Crippen molar-refractivity contribution >= 4 is 41.7 Å². The zero-order chi connectivity index (χ0) is 22.1. The molecule has 3 N–H and O–H groups in total. The van der Waals surface area contributed by atoms with Crippen LogP contribution in [0.5, 0.6) is 0 Å². The first kappa shape index (κ1) is 26.5. The van der Waals surface area contributed by atoms with E-state index < -0.39 is 23.7 Å². The first-order valence-corrected chi connectivity index (χ1v) is 9.04. The largest absolute Gasteiger partial charge is 0.453 e. The van der Waals surface area contributed by atoms with E-state index in [1.165, 1.54) is 7.11 Å². The number of benzene rings is 2. The molecule has 2 aromatic rings. The average molecular weight is 554 g/mol. The number of halogens is 5. The molecule has 0 heterocycles. The van der Waals surface area contributed by atoms with Crippen molar-refractivity contribution in [3.63, 3.8) is 0 Å². The van der Waals surface area contributed by atoms with E-state index in [2.05, 4.69) is 25.7 Å². The van der Waals surface area contributed by atoms with Crippen molar-refractivity contribution in [3.05, 3.63) is 65.0 Å². The molecule has 0 aliphatic rings. The number of alkyl halides is 3. The highest BCUT2D eigenvalue weighted by Gasteiger charge is 2.33. The number of hydrogen-bond donors (Lipinski definition) is 3. The Bertz CT molecular complexity index is 890. The molecule has 1 amide bonds. The number of carbonyl (C=O) groups is 1. The standard InChI is InChI=1S/C20H22F4N4O2.HI/c1-3-25-18(26-11-13-4-8-16(9-5-13)28-19(29)30-2)27-12-14-6-7-15(21)10-17(14)20(22,23)24;/h4-10H,3,11-12H2,1-2H3,(H,28,29)(H2,25,26,27);1H. The number of amides is 1. The Kier molecular flexibility index (Phi) is 10.5. The van der Waals surface area contributed by atoms with Crippen LogP contribution in [0, 0.1) is 5.82 Å². The summed E-state index contributed by atoms with van der Waals surface area (Å²) >= 11 is 0. The highest BCUT2D eigenvalue weighted by atomic mass is 127. The Morgan fingerprint density at radius 1 is 1.10 bits per heavy atom. The van der Waals surface area contributed by atoms with Crippen molar-refractivity contribution in [1.29, 1.82) is 0 Å². The molecule has 0 atom stereocenters. The molecule has 170 valence electrons. The highest BCUT2D eigenvalue weighted by molar-refractivity contribution is 14.0. The minimum Gasteiger partial charge on any atom is -0.453 e. The maximum atomic E-state index is 13.2. The molecule has 0 aromatic heterocycles. The van der Waals surface area contributed by atoms with Gasteiger partial charge in [-0.2, -0.15) is 13.2 Å². The first-order valence-electron chi connectivity index (χ1n) is 9.04. The van der Waals surface area contributed by atoms with E-state index in [-0.39, 0.29) is 42.6 Å². The molecule has 0 aliphatic heterocycles. The second-order valence-electron chi connectivity index (χ2n) is 6.16. The Morgan fingerprint density at radius 2 is 1.77 bits per heavy atom. The fourth-order valence-corrected chi connectivity index (χ4v) is 2.52. The van der Waals surface area contributed by atoms with Crippen LogP contribution in [-0.4, -0.2) is 25.7 Å². The van der Waals surface area contributed by atoms with Gasteiger partial charge in [-0.3, -0.25) is 5.32 Å². The Labute approximate surface area is 194 Å². The van der Waals surface area contributed by atoms with E-state index in [1.807, 2.05) is 6.92 Å². The van der Waals surface area contributed by atoms with Crippen LogP contribution in [0.4, 0.5) is 28.0 Å². The van der Waals surface area contributed by atoms with Crippen molar-refractivity contribution in [2.24, 2.45) is 4.99 Å². The lowest BCUT2D eigenvalue weighted by atomic mass is 10.1. The molecule has 2 rings (SSSR count). The van der Waals surface area contributed by atoms with Crippen LogP contribution in [0.2, 0.25) is 0 Å². The van der Waals surface area contributed by atoms with Gasteiger partial charge in [-0.05, 0) is 42.3 Å². The molecule has 0 fully saturated rings. The number of methoxy groups -OCH3 is 1. The van der Waals surface area contributed by atoms with Gasteiger partial charge in [-0.1, -0.05) is 18.2 Å². The summed E-state index contributed by atoms with van der Waals surface area (Å²) in [4.78, 5) is 15.5. The third-order valence-electron chi connectivity index (χ3n) is 3.97. The van der Waals surface area contributed by atoms with Gasteiger partial charge in [0.05, 0.1) is 19.2 Å². The molecular formula is C20H23F4IN4O2. The van der Waals surface area contributed by atoms with Crippen molar-refractivity contribution in [2.75, 3.05) is 19.0 Å². The predicted molar refractivity (Wildman–Crippen MR) is 121 cm³/mol. The van der Waals surface area contributed by atoms with E-state index in [0.29, 0.717) is 24.3 Å². The molecule has 11 heteroatoms.